The lowest BCUT2D eigenvalue weighted by Crippen LogP contribution is -2.48. The van der Waals surface area contributed by atoms with Crippen molar-refractivity contribution in [3.63, 3.8) is 0 Å². The van der Waals surface area contributed by atoms with Crippen LogP contribution in [-0.4, -0.2) is 40.8 Å². The van der Waals surface area contributed by atoms with E-state index >= 15 is 0 Å². The number of methoxy groups -OCH3 is 2. The Morgan fingerprint density at radius 3 is 2.24 bits per heavy atom. The highest BCUT2D eigenvalue weighted by atomic mass is 35.5. The molecule has 182 valence electrons. The molecule has 0 aliphatic heterocycles. The summed E-state index contributed by atoms with van der Waals surface area (Å²) in [5.74, 6) is 0.239. The van der Waals surface area contributed by atoms with E-state index in [1.54, 1.807) is 25.1 Å². The van der Waals surface area contributed by atoms with Crippen LogP contribution in [-0.2, 0) is 21.0 Å². The molecule has 2 atom stereocenters. The number of alkyl halides is 3. The van der Waals surface area contributed by atoms with Gasteiger partial charge in [-0.2, -0.15) is 13.2 Å². The Hall–Kier alpha value is -2.66. The van der Waals surface area contributed by atoms with E-state index in [0.29, 0.717) is 27.4 Å². The molecule has 0 fully saturated rings. The van der Waals surface area contributed by atoms with Gasteiger partial charge in [-0.25, -0.2) is 8.42 Å². The number of ether oxygens (including phenoxy) is 2. The monoisotopic (exact) mass is 508 g/mol. The number of hydrogen-bond donors (Lipinski definition) is 1. The molecule has 0 bridgehead atoms. The third-order valence-electron chi connectivity index (χ3n) is 4.86. The van der Waals surface area contributed by atoms with Crippen molar-refractivity contribution in [3.8, 4) is 11.5 Å². The van der Waals surface area contributed by atoms with Gasteiger partial charge in [0.25, 0.3) is 0 Å². The molecule has 1 amide bonds. The maximum absolute atomic E-state index is 13.3. The highest BCUT2D eigenvalue weighted by Gasteiger charge is 2.36. The van der Waals surface area contributed by atoms with Gasteiger partial charge in [-0.05, 0) is 50.2 Å². The van der Waals surface area contributed by atoms with Gasteiger partial charge in [-0.1, -0.05) is 11.6 Å². The number of rotatable bonds is 8. The second-order valence-corrected chi connectivity index (χ2v) is 9.50. The molecule has 1 N–H and O–H groups in total. The zero-order chi connectivity index (χ0) is 25.1. The SMILES string of the molecule is COc1ccc(OC)c([C@H](C)NC(=O)[C@@H](C)N(c2ccc(Cl)c(C(F)(F)F)c2)S(C)(=O)=O)c1. The molecule has 12 heteroatoms. The number of nitrogens with zero attached hydrogens (tertiary/aromatic N) is 1. The van der Waals surface area contributed by atoms with Crippen LogP contribution in [0.2, 0.25) is 5.02 Å². The highest BCUT2D eigenvalue weighted by Crippen LogP contribution is 2.38. The topological polar surface area (TPSA) is 84.9 Å². The lowest BCUT2D eigenvalue weighted by Gasteiger charge is -2.30. The zero-order valence-corrected chi connectivity index (χ0v) is 20.1. The molecule has 0 aliphatic rings. The number of halogens is 4. The average Bonchev–Trinajstić information content (AvgIpc) is 2.72. The first-order valence-electron chi connectivity index (χ1n) is 9.59. The first-order valence-corrected chi connectivity index (χ1v) is 11.8. The summed E-state index contributed by atoms with van der Waals surface area (Å²) >= 11 is 5.64. The summed E-state index contributed by atoms with van der Waals surface area (Å²) in [5.41, 5.74) is -0.991. The Morgan fingerprint density at radius 2 is 1.73 bits per heavy atom. The van der Waals surface area contributed by atoms with E-state index in [1.807, 2.05) is 0 Å². The van der Waals surface area contributed by atoms with Crippen molar-refractivity contribution >= 4 is 33.2 Å². The van der Waals surface area contributed by atoms with Crippen LogP contribution in [0.5, 0.6) is 11.5 Å². The van der Waals surface area contributed by atoms with Crippen LogP contribution in [0.25, 0.3) is 0 Å². The number of sulfonamides is 1. The number of nitrogens with one attached hydrogen (secondary N) is 1. The van der Waals surface area contributed by atoms with E-state index in [-0.39, 0.29) is 5.69 Å². The maximum atomic E-state index is 13.3. The van der Waals surface area contributed by atoms with Crippen molar-refractivity contribution in [3.05, 3.63) is 52.5 Å². The van der Waals surface area contributed by atoms with Gasteiger partial charge in [0.15, 0.2) is 0 Å². The number of amides is 1. The Bertz CT molecular complexity index is 1130. The van der Waals surface area contributed by atoms with E-state index in [4.69, 9.17) is 21.1 Å². The quantitative estimate of drug-likeness (QED) is 0.571. The van der Waals surface area contributed by atoms with Gasteiger partial charge < -0.3 is 14.8 Å². The molecule has 0 heterocycles. The minimum Gasteiger partial charge on any atom is -0.497 e. The van der Waals surface area contributed by atoms with E-state index in [1.165, 1.54) is 21.1 Å². The summed E-state index contributed by atoms with van der Waals surface area (Å²) in [4.78, 5) is 13.0. The first-order chi connectivity index (χ1) is 15.2. The summed E-state index contributed by atoms with van der Waals surface area (Å²) in [6, 6.07) is 5.60. The molecular formula is C21H24ClF3N2O5S. The Kier molecular flexibility index (Phi) is 8.13. The second-order valence-electron chi connectivity index (χ2n) is 7.23. The summed E-state index contributed by atoms with van der Waals surface area (Å²) in [6.45, 7) is 2.92. The molecule has 2 rings (SSSR count). The number of anilines is 1. The minimum absolute atomic E-state index is 0.344. The Balaban J connectivity index is 2.40. The molecule has 0 spiro atoms. The number of carbonyl (C=O) groups is 1. The molecule has 2 aromatic carbocycles. The van der Waals surface area contributed by atoms with E-state index in [0.717, 1.165) is 18.4 Å². The molecule has 7 nitrogen and oxygen atoms in total. The fraction of sp³-hybridized carbons (Fsp3) is 0.381. The van der Waals surface area contributed by atoms with Crippen LogP contribution < -0.4 is 19.1 Å². The summed E-state index contributed by atoms with van der Waals surface area (Å²) < 4.78 is 75.9. The van der Waals surface area contributed by atoms with Crippen molar-refractivity contribution in [1.29, 1.82) is 0 Å². The van der Waals surface area contributed by atoms with Crippen molar-refractivity contribution in [1.82, 2.24) is 5.32 Å². The van der Waals surface area contributed by atoms with Gasteiger partial charge in [0.05, 0.1) is 42.8 Å². The number of hydrogen-bond acceptors (Lipinski definition) is 5. The predicted molar refractivity (Wildman–Crippen MR) is 119 cm³/mol. The zero-order valence-electron chi connectivity index (χ0n) is 18.5. The van der Waals surface area contributed by atoms with Crippen LogP contribution in [0.3, 0.4) is 0 Å². The molecule has 33 heavy (non-hydrogen) atoms. The summed E-state index contributed by atoms with van der Waals surface area (Å²) in [5, 5.41) is 2.08. The van der Waals surface area contributed by atoms with Gasteiger partial charge in [-0.3, -0.25) is 9.10 Å². The predicted octanol–water partition coefficient (Wildman–Crippen LogP) is 4.41. The number of carbonyl (C=O) groups excluding carboxylic acids is 1. The van der Waals surface area contributed by atoms with Crippen LogP contribution in [0.4, 0.5) is 18.9 Å². The lowest BCUT2D eigenvalue weighted by molar-refractivity contribution is -0.137. The Labute approximate surface area is 195 Å². The van der Waals surface area contributed by atoms with Gasteiger partial charge in [0, 0.05) is 5.56 Å². The van der Waals surface area contributed by atoms with Crippen molar-refractivity contribution in [2.75, 3.05) is 24.8 Å². The molecule has 0 unspecified atom stereocenters. The fourth-order valence-corrected chi connectivity index (χ4v) is 4.66. The number of benzene rings is 2. The van der Waals surface area contributed by atoms with Crippen LogP contribution in [0, 0.1) is 0 Å². The highest BCUT2D eigenvalue weighted by molar-refractivity contribution is 7.92. The summed E-state index contributed by atoms with van der Waals surface area (Å²) in [6.07, 6.45) is -4.01. The standard InChI is InChI=1S/C21H24ClF3N2O5S/c1-12(16-11-15(31-3)7-9-19(16)32-4)26-20(28)13(2)27(33(5,29)30)14-6-8-18(22)17(10-14)21(23,24)25/h6-13H,1-5H3,(H,26,28)/t12-,13+/m0/s1. The van der Waals surface area contributed by atoms with Crippen LogP contribution in [0.15, 0.2) is 36.4 Å². The normalized spacial score (nSPS) is 13.7. The molecule has 0 saturated heterocycles. The molecule has 0 radical (unpaired) electrons. The average molecular weight is 509 g/mol. The maximum Gasteiger partial charge on any atom is 0.417 e. The Morgan fingerprint density at radius 1 is 1.09 bits per heavy atom. The minimum atomic E-state index is -4.81. The van der Waals surface area contributed by atoms with Gasteiger partial charge in [0.2, 0.25) is 15.9 Å². The third-order valence-corrected chi connectivity index (χ3v) is 6.43. The largest absolute Gasteiger partial charge is 0.497 e. The fourth-order valence-electron chi connectivity index (χ4n) is 3.27. The molecule has 0 aromatic heterocycles. The van der Waals surface area contributed by atoms with E-state index in [2.05, 4.69) is 5.32 Å². The van der Waals surface area contributed by atoms with Gasteiger partial charge in [-0.15, -0.1) is 0 Å². The molecule has 0 saturated carbocycles. The molecule has 2 aromatic rings. The third kappa shape index (κ3) is 6.23. The first kappa shape index (κ1) is 26.6. The molecule has 0 aliphatic carbocycles. The van der Waals surface area contributed by atoms with Crippen molar-refractivity contribution in [2.45, 2.75) is 32.1 Å². The van der Waals surface area contributed by atoms with Crippen molar-refractivity contribution < 1.29 is 35.9 Å². The van der Waals surface area contributed by atoms with E-state index in [9.17, 15) is 26.4 Å². The van der Waals surface area contributed by atoms with Gasteiger partial charge in [0.1, 0.15) is 17.5 Å². The second kappa shape index (κ2) is 10.1. The van der Waals surface area contributed by atoms with E-state index < -0.39 is 44.8 Å². The van der Waals surface area contributed by atoms with Crippen LogP contribution in [0.1, 0.15) is 31.0 Å². The smallest absolute Gasteiger partial charge is 0.417 e. The van der Waals surface area contributed by atoms with Crippen LogP contribution >= 0.6 is 11.6 Å². The lowest BCUT2D eigenvalue weighted by atomic mass is 10.1. The van der Waals surface area contributed by atoms with Crippen molar-refractivity contribution in [2.24, 2.45) is 0 Å². The molecular weight excluding hydrogens is 485 g/mol. The van der Waals surface area contributed by atoms with Gasteiger partial charge >= 0.3 is 6.18 Å². The summed E-state index contributed by atoms with van der Waals surface area (Å²) in [7, 11) is -1.22.